The smallest absolute Gasteiger partial charge is 0.274 e. The van der Waals surface area contributed by atoms with Gasteiger partial charge in [-0.2, -0.15) is 4.98 Å². The molecule has 1 aromatic carbocycles. The molecule has 0 bridgehead atoms. The Morgan fingerprint density at radius 1 is 1.14 bits per heavy atom. The van der Waals surface area contributed by atoms with Crippen LogP contribution in [0.5, 0.6) is 5.75 Å². The second-order valence-corrected chi connectivity index (χ2v) is 12.5. The molecule has 1 saturated heterocycles. The van der Waals surface area contributed by atoms with Crippen molar-refractivity contribution in [3.05, 3.63) is 42.2 Å². The van der Waals surface area contributed by atoms with E-state index in [1.54, 1.807) is 43.5 Å². The van der Waals surface area contributed by atoms with Crippen LogP contribution in [0.25, 0.3) is 0 Å². The Morgan fingerprint density at radius 2 is 1.86 bits per heavy atom. The maximum absolute atomic E-state index is 12.7. The number of hydrogen-bond donors (Lipinski definition) is 3. The summed E-state index contributed by atoms with van der Waals surface area (Å²) in [6.45, 7) is 14.2. The zero-order chi connectivity index (χ0) is 31.2. The first-order valence-corrected chi connectivity index (χ1v) is 16.1. The van der Waals surface area contributed by atoms with Gasteiger partial charge in [-0.15, -0.1) is 0 Å². The first kappa shape index (κ1) is 31.7. The molecule has 0 radical (unpaired) electrons. The first-order valence-electron chi connectivity index (χ1n) is 16.1. The summed E-state index contributed by atoms with van der Waals surface area (Å²) in [5, 5.41) is 9.68. The highest BCUT2D eigenvalue weighted by Crippen LogP contribution is 2.37. The highest BCUT2D eigenvalue weighted by atomic mass is 16.5. The maximum Gasteiger partial charge on any atom is 0.274 e. The minimum atomic E-state index is -0.186. The molecule has 2 aromatic rings. The van der Waals surface area contributed by atoms with Crippen LogP contribution >= 0.6 is 0 Å². The predicted octanol–water partition coefficient (Wildman–Crippen LogP) is 4.30. The molecule has 6 rings (SSSR count). The van der Waals surface area contributed by atoms with Gasteiger partial charge in [-0.1, -0.05) is 25.8 Å². The number of hydrogen-bond acceptors (Lipinski definition) is 9. The first-order chi connectivity index (χ1) is 21.2. The van der Waals surface area contributed by atoms with Gasteiger partial charge in [0.25, 0.3) is 11.8 Å². The maximum atomic E-state index is 12.7. The standard InChI is InChI=1S/C25H32N6O3.C8H16N2/c1-15(2)31-16(3)24(33)30(4)20-14-26-25(29-22(20)31)28-19-12-11-17(13-21(19)34-5)23(32)27-18-9-7-6-8-10-18;1-2-8(1)7-10-5-3-9-4-6-10/h11-15,18H,3,6-10H2,1-2,4-5H3,(H,27,32)(H,26,28,29);8-9H,1-7H2. The van der Waals surface area contributed by atoms with Crippen LogP contribution in [0.15, 0.2) is 36.7 Å². The largest absolute Gasteiger partial charge is 0.495 e. The van der Waals surface area contributed by atoms with Crippen molar-refractivity contribution in [1.82, 2.24) is 25.5 Å². The Labute approximate surface area is 261 Å². The van der Waals surface area contributed by atoms with E-state index in [9.17, 15) is 9.59 Å². The number of anilines is 4. The van der Waals surface area contributed by atoms with Crippen LogP contribution in [0.3, 0.4) is 0 Å². The number of rotatable bonds is 8. The van der Waals surface area contributed by atoms with Gasteiger partial charge in [0.05, 0.1) is 19.0 Å². The molecule has 2 saturated carbocycles. The lowest BCUT2D eigenvalue weighted by molar-refractivity contribution is -0.115. The van der Waals surface area contributed by atoms with Gasteiger partial charge >= 0.3 is 0 Å². The summed E-state index contributed by atoms with van der Waals surface area (Å²) < 4.78 is 5.54. The van der Waals surface area contributed by atoms with Crippen LogP contribution < -0.4 is 30.5 Å². The van der Waals surface area contributed by atoms with Crippen LogP contribution in [-0.2, 0) is 4.79 Å². The van der Waals surface area contributed by atoms with Gasteiger partial charge in [-0.25, -0.2) is 4.98 Å². The van der Waals surface area contributed by atoms with E-state index < -0.39 is 0 Å². The van der Waals surface area contributed by atoms with Crippen molar-refractivity contribution >= 4 is 35.0 Å². The second-order valence-electron chi connectivity index (χ2n) is 12.5. The van der Waals surface area contributed by atoms with Crippen molar-refractivity contribution in [2.75, 3.05) is 62.0 Å². The number of benzene rings is 1. The minimum Gasteiger partial charge on any atom is -0.495 e. The Morgan fingerprint density at radius 3 is 2.52 bits per heavy atom. The Bertz CT molecular complexity index is 1330. The van der Waals surface area contributed by atoms with Crippen molar-refractivity contribution in [2.45, 2.75) is 70.9 Å². The van der Waals surface area contributed by atoms with E-state index in [-0.39, 0.29) is 23.9 Å². The fraction of sp³-hybridized carbons (Fsp3) is 0.576. The Balaban J connectivity index is 0.000000322. The van der Waals surface area contributed by atoms with Crippen LogP contribution in [0.4, 0.5) is 23.1 Å². The van der Waals surface area contributed by atoms with Crippen molar-refractivity contribution in [3.8, 4) is 5.75 Å². The number of methoxy groups -OCH3 is 1. The number of carbonyl (C=O) groups is 2. The molecule has 4 aliphatic rings. The molecule has 2 aliphatic heterocycles. The molecule has 11 nitrogen and oxygen atoms in total. The molecule has 3 heterocycles. The van der Waals surface area contributed by atoms with Gasteiger partial charge in [0, 0.05) is 57.4 Å². The van der Waals surface area contributed by atoms with E-state index in [1.165, 1.54) is 56.9 Å². The average Bonchev–Trinajstić information content (AvgIpc) is 3.85. The normalized spacial score (nSPS) is 19.3. The summed E-state index contributed by atoms with van der Waals surface area (Å²) in [6.07, 6.45) is 10.2. The highest BCUT2D eigenvalue weighted by molar-refractivity contribution is 6.12. The topological polar surface area (TPSA) is 115 Å². The highest BCUT2D eigenvalue weighted by Gasteiger charge is 2.34. The van der Waals surface area contributed by atoms with Crippen molar-refractivity contribution < 1.29 is 14.3 Å². The SMILES string of the molecule is C1CN(CC2CC2)CCN1.C=C1C(=O)N(C)c2cnc(Nc3ccc(C(=O)NC4CCCCC4)cc3OC)nc2N1C(C)C. The van der Waals surface area contributed by atoms with Gasteiger partial charge in [0.1, 0.15) is 17.1 Å². The third kappa shape index (κ3) is 7.68. The van der Waals surface area contributed by atoms with Crippen LogP contribution in [0.1, 0.15) is 69.2 Å². The van der Waals surface area contributed by atoms with E-state index in [4.69, 9.17) is 4.74 Å². The number of likely N-dealkylation sites (N-methyl/N-ethyl adjacent to an activating group) is 1. The van der Waals surface area contributed by atoms with E-state index in [0.717, 1.165) is 31.6 Å². The average molecular weight is 605 g/mol. The molecule has 0 unspecified atom stereocenters. The molecule has 11 heteroatoms. The molecule has 44 heavy (non-hydrogen) atoms. The van der Waals surface area contributed by atoms with Crippen LogP contribution in [0.2, 0.25) is 0 Å². The van der Waals surface area contributed by atoms with E-state index >= 15 is 0 Å². The number of amides is 2. The molecular formula is C33H48N8O3. The van der Waals surface area contributed by atoms with Gasteiger partial charge in [0.15, 0.2) is 5.82 Å². The molecule has 3 fully saturated rings. The van der Waals surface area contributed by atoms with E-state index in [0.29, 0.717) is 40.2 Å². The third-order valence-electron chi connectivity index (χ3n) is 8.77. The molecule has 0 spiro atoms. The second kappa shape index (κ2) is 14.4. The molecule has 238 valence electrons. The number of nitrogens with one attached hydrogen (secondary N) is 3. The Kier molecular flexibility index (Phi) is 10.4. The predicted molar refractivity (Wildman–Crippen MR) is 175 cm³/mol. The zero-order valence-corrected chi connectivity index (χ0v) is 26.7. The lowest BCUT2D eigenvalue weighted by atomic mass is 9.95. The number of ether oxygens (including phenoxy) is 1. The summed E-state index contributed by atoms with van der Waals surface area (Å²) in [5.74, 6) is 2.24. The molecule has 2 aliphatic carbocycles. The number of nitrogens with zero attached hydrogens (tertiary/aromatic N) is 5. The van der Waals surface area contributed by atoms with Crippen molar-refractivity contribution in [2.24, 2.45) is 5.92 Å². The van der Waals surface area contributed by atoms with E-state index in [1.807, 2.05) is 13.8 Å². The summed E-state index contributed by atoms with van der Waals surface area (Å²) >= 11 is 0. The lowest BCUT2D eigenvalue weighted by Gasteiger charge is -2.37. The summed E-state index contributed by atoms with van der Waals surface area (Å²) in [7, 11) is 3.24. The molecule has 3 N–H and O–H groups in total. The van der Waals surface area contributed by atoms with E-state index in [2.05, 4.69) is 37.4 Å². The van der Waals surface area contributed by atoms with Crippen molar-refractivity contribution in [1.29, 1.82) is 0 Å². The third-order valence-corrected chi connectivity index (χ3v) is 8.77. The summed E-state index contributed by atoms with van der Waals surface area (Å²) in [5.41, 5.74) is 2.15. The zero-order valence-electron chi connectivity index (χ0n) is 26.7. The summed E-state index contributed by atoms with van der Waals surface area (Å²) in [4.78, 5) is 40.2. The minimum absolute atomic E-state index is 0.0110. The van der Waals surface area contributed by atoms with Gasteiger partial charge < -0.3 is 35.4 Å². The monoisotopic (exact) mass is 604 g/mol. The van der Waals surface area contributed by atoms with Crippen LogP contribution in [-0.4, -0.2) is 85.6 Å². The fourth-order valence-corrected chi connectivity index (χ4v) is 6.06. The van der Waals surface area contributed by atoms with Crippen LogP contribution in [0, 0.1) is 5.92 Å². The van der Waals surface area contributed by atoms with Gasteiger partial charge in [-0.3, -0.25) is 9.59 Å². The fourth-order valence-electron chi connectivity index (χ4n) is 6.06. The Hall–Kier alpha value is -3.70. The van der Waals surface area contributed by atoms with Gasteiger partial charge in [-0.05, 0) is 63.6 Å². The quantitative estimate of drug-likeness (QED) is 0.380. The molecule has 1 aromatic heterocycles. The van der Waals surface area contributed by atoms with Crippen molar-refractivity contribution in [3.63, 3.8) is 0 Å². The molecule has 0 atom stereocenters. The number of piperazine rings is 1. The number of aromatic nitrogens is 2. The molecular weight excluding hydrogens is 556 g/mol. The number of carbonyl (C=O) groups excluding carboxylic acids is 2. The molecule has 2 amide bonds. The number of fused-ring (bicyclic) bond motifs is 1. The lowest BCUT2D eigenvalue weighted by Crippen LogP contribution is -2.45. The summed E-state index contributed by atoms with van der Waals surface area (Å²) in [6, 6.07) is 5.48. The van der Waals surface area contributed by atoms with Gasteiger partial charge in [0.2, 0.25) is 5.95 Å².